The quantitative estimate of drug-likeness (QED) is 0.711. The Morgan fingerprint density at radius 1 is 0.783 bits per heavy atom. The molecule has 3 rings (SSSR count). The molecule has 0 radical (unpaired) electrons. The van der Waals surface area contributed by atoms with Crippen molar-refractivity contribution in [1.29, 1.82) is 0 Å². The number of hydrogen-bond acceptors (Lipinski definition) is 4. The molecule has 0 amide bonds. The first kappa shape index (κ1) is 14.8. The molecule has 0 aliphatic carbocycles. The molecule has 0 saturated heterocycles. The van der Waals surface area contributed by atoms with Crippen molar-refractivity contribution < 1.29 is 22.6 Å². The summed E-state index contributed by atoms with van der Waals surface area (Å²) >= 11 is 0. The van der Waals surface area contributed by atoms with Gasteiger partial charge in [-0.3, -0.25) is 0 Å². The normalized spacial score (nSPS) is 10.4. The van der Waals surface area contributed by atoms with Crippen LogP contribution in [0.3, 0.4) is 0 Å². The van der Waals surface area contributed by atoms with Crippen LogP contribution < -0.4 is 9.47 Å². The zero-order valence-corrected chi connectivity index (χ0v) is 11.5. The second-order valence-electron chi connectivity index (χ2n) is 4.41. The van der Waals surface area contributed by atoms with E-state index in [2.05, 4.69) is 9.97 Å². The Labute approximate surface area is 129 Å². The van der Waals surface area contributed by atoms with Gasteiger partial charge in [-0.15, -0.1) is 0 Å². The summed E-state index contributed by atoms with van der Waals surface area (Å²) in [5, 5.41) is 0. The SMILES string of the molecule is Fc1ccc(Oc2ccnc(Oc3ccc(F)cc3F)n2)cc1. The largest absolute Gasteiger partial charge is 0.439 e. The van der Waals surface area contributed by atoms with Gasteiger partial charge in [-0.2, -0.15) is 4.98 Å². The molecule has 2 aromatic carbocycles. The first-order valence-corrected chi connectivity index (χ1v) is 6.49. The van der Waals surface area contributed by atoms with Crippen molar-refractivity contribution >= 4 is 0 Å². The van der Waals surface area contributed by atoms with E-state index in [-0.39, 0.29) is 17.6 Å². The maximum Gasteiger partial charge on any atom is 0.325 e. The molecule has 0 saturated carbocycles. The van der Waals surface area contributed by atoms with Crippen LogP contribution in [-0.2, 0) is 0 Å². The van der Waals surface area contributed by atoms with Crippen molar-refractivity contribution in [2.75, 3.05) is 0 Å². The van der Waals surface area contributed by atoms with Crippen molar-refractivity contribution in [3.63, 3.8) is 0 Å². The van der Waals surface area contributed by atoms with Gasteiger partial charge in [-0.25, -0.2) is 18.2 Å². The molecular formula is C16H9F3N2O2. The molecule has 0 fully saturated rings. The predicted molar refractivity (Wildman–Crippen MR) is 74.9 cm³/mol. The summed E-state index contributed by atoms with van der Waals surface area (Å²) in [6.07, 6.45) is 1.35. The average Bonchev–Trinajstić information content (AvgIpc) is 2.53. The third-order valence-corrected chi connectivity index (χ3v) is 2.74. The summed E-state index contributed by atoms with van der Waals surface area (Å²) in [5.41, 5.74) is 0. The Morgan fingerprint density at radius 2 is 1.52 bits per heavy atom. The zero-order chi connectivity index (χ0) is 16.2. The Balaban J connectivity index is 1.78. The maximum absolute atomic E-state index is 13.5. The second-order valence-corrected chi connectivity index (χ2v) is 4.41. The van der Waals surface area contributed by atoms with E-state index in [0.29, 0.717) is 11.8 Å². The molecule has 0 aliphatic rings. The molecule has 1 aromatic heterocycles. The number of nitrogens with zero attached hydrogens (tertiary/aromatic N) is 2. The summed E-state index contributed by atoms with van der Waals surface area (Å²) in [7, 11) is 0. The summed E-state index contributed by atoms with van der Waals surface area (Å²) in [4.78, 5) is 7.76. The fraction of sp³-hybridized carbons (Fsp3) is 0. The Kier molecular flexibility index (Phi) is 4.09. The van der Waals surface area contributed by atoms with Gasteiger partial charge in [-0.05, 0) is 36.4 Å². The smallest absolute Gasteiger partial charge is 0.325 e. The van der Waals surface area contributed by atoms with Crippen LogP contribution in [0.5, 0.6) is 23.4 Å². The topological polar surface area (TPSA) is 44.2 Å². The van der Waals surface area contributed by atoms with Crippen LogP contribution in [0.1, 0.15) is 0 Å². The fourth-order valence-electron chi connectivity index (χ4n) is 1.71. The third-order valence-electron chi connectivity index (χ3n) is 2.74. The molecule has 0 bridgehead atoms. The van der Waals surface area contributed by atoms with Crippen molar-refractivity contribution in [1.82, 2.24) is 9.97 Å². The van der Waals surface area contributed by atoms with Crippen LogP contribution in [0, 0.1) is 17.5 Å². The van der Waals surface area contributed by atoms with Gasteiger partial charge < -0.3 is 9.47 Å². The lowest BCUT2D eigenvalue weighted by molar-refractivity contribution is 0.391. The van der Waals surface area contributed by atoms with Gasteiger partial charge in [0.1, 0.15) is 17.4 Å². The first-order valence-electron chi connectivity index (χ1n) is 6.49. The van der Waals surface area contributed by atoms with Gasteiger partial charge in [0.25, 0.3) is 0 Å². The predicted octanol–water partition coefficient (Wildman–Crippen LogP) is 4.48. The van der Waals surface area contributed by atoms with Crippen molar-refractivity contribution in [2.45, 2.75) is 0 Å². The highest BCUT2D eigenvalue weighted by molar-refractivity contribution is 5.29. The van der Waals surface area contributed by atoms with Crippen LogP contribution in [0.25, 0.3) is 0 Å². The molecule has 0 N–H and O–H groups in total. The van der Waals surface area contributed by atoms with Crippen LogP contribution in [0.15, 0.2) is 54.7 Å². The number of halogens is 3. The van der Waals surface area contributed by atoms with Crippen LogP contribution >= 0.6 is 0 Å². The number of hydrogen-bond donors (Lipinski definition) is 0. The first-order chi connectivity index (χ1) is 11.1. The highest BCUT2D eigenvalue weighted by atomic mass is 19.1. The Morgan fingerprint density at radius 3 is 2.26 bits per heavy atom. The van der Waals surface area contributed by atoms with Gasteiger partial charge in [0.2, 0.25) is 5.88 Å². The van der Waals surface area contributed by atoms with E-state index in [0.717, 1.165) is 12.1 Å². The number of rotatable bonds is 4. The molecule has 0 spiro atoms. The van der Waals surface area contributed by atoms with E-state index < -0.39 is 17.5 Å². The average molecular weight is 318 g/mol. The van der Waals surface area contributed by atoms with E-state index in [1.54, 1.807) is 0 Å². The second kappa shape index (κ2) is 6.35. The lowest BCUT2D eigenvalue weighted by Gasteiger charge is -2.07. The Bertz CT molecular complexity index is 826. The standard InChI is InChI=1S/C16H9F3N2O2/c17-10-1-4-12(5-2-10)22-15-7-8-20-16(21-15)23-14-6-3-11(18)9-13(14)19/h1-9H. The van der Waals surface area contributed by atoms with Crippen LogP contribution in [0.4, 0.5) is 13.2 Å². The zero-order valence-electron chi connectivity index (χ0n) is 11.5. The van der Waals surface area contributed by atoms with Gasteiger partial charge in [0.15, 0.2) is 11.6 Å². The minimum atomic E-state index is -0.876. The third kappa shape index (κ3) is 3.76. The van der Waals surface area contributed by atoms with Crippen molar-refractivity contribution in [3.8, 4) is 23.4 Å². The van der Waals surface area contributed by atoms with E-state index >= 15 is 0 Å². The van der Waals surface area contributed by atoms with Gasteiger partial charge in [0.05, 0.1) is 0 Å². The van der Waals surface area contributed by atoms with Gasteiger partial charge in [0, 0.05) is 18.3 Å². The summed E-state index contributed by atoms with van der Waals surface area (Å²) < 4.78 is 49.8. The molecule has 0 unspecified atom stereocenters. The fourth-order valence-corrected chi connectivity index (χ4v) is 1.71. The Hall–Kier alpha value is -3.09. The lowest BCUT2D eigenvalue weighted by atomic mass is 10.3. The monoisotopic (exact) mass is 318 g/mol. The maximum atomic E-state index is 13.5. The molecule has 116 valence electrons. The molecule has 7 heteroatoms. The van der Waals surface area contributed by atoms with E-state index in [4.69, 9.17) is 9.47 Å². The van der Waals surface area contributed by atoms with Gasteiger partial charge in [-0.1, -0.05) is 0 Å². The molecular weight excluding hydrogens is 309 g/mol. The summed E-state index contributed by atoms with van der Waals surface area (Å²) in [6, 6.07) is 9.48. The summed E-state index contributed by atoms with van der Waals surface area (Å²) in [5.74, 6) is -1.71. The number of ether oxygens (including phenoxy) is 2. The van der Waals surface area contributed by atoms with Crippen LogP contribution in [-0.4, -0.2) is 9.97 Å². The molecule has 0 atom stereocenters. The molecule has 0 aliphatic heterocycles. The number of benzene rings is 2. The molecule has 23 heavy (non-hydrogen) atoms. The van der Waals surface area contributed by atoms with E-state index in [1.807, 2.05) is 0 Å². The molecule has 3 aromatic rings. The van der Waals surface area contributed by atoms with Crippen LogP contribution in [0.2, 0.25) is 0 Å². The highest BCUT2D eigenvalue weighted by Gasteiger charge is 2.09. The summed E-state index contributed by atoms with van der Waals surface area (Å²) in [6.45, 7) is 0. The van der Waals surface area contributed by atoms with Crippen molar-refractivity contribution in [3.05, 3.63) is 72.2 Å². The van der Waals surface area contributed by atoms with E-state index in [9.17, 15) is 13.2 Å². The van der Waals surface area contributed by atoms with Crippen molar-refractivity contribution in [2.24, 2.45) is 0 Å². The molecule has 4 nitrogen and oxygen atoms in total. The number of aromatic nitrogens is 2. The minimum Gasteiger partial charge on any atom is -0.439 e. The minimum absolute atomic E-state index is 0.129. The lowest BCUT2D eigenvalue weighted by Crippen LogP contribution is -1.96. The van der Waals surface area contributed by atoms with E-state index in [1.165, 1.54) is 36.5 Å². The highest BCUT2D eigenvalue weighted by Crippen LogP contribution is 2.25. The van der Waals surface area contributed by atoms with Gasteiger partial charge >= 0.3 is 6.01 Å². The molecule has 1 heterocycles.